The molecule has 0 radical (unpaired) electrons. The molecule has 0 saturated carbocycles. The van der Waals surface area contributed by atoms with Gasteiger partial charge in [-0.15, -0.1) is 0 Å². The molecule has 6 heteroatoms. The van der Waals surface area contributed by atoms with Crippen LogP contribution in [0.5, 0.6) is 0 Å². The normalized spacial score (nSPS) is 11.0. The molecular weight excluding hydrogens is 464 g/mol. The number of thioether (sulfide) groups is 1. The fourth-order valence-corrected chi connectivity index (χ4v) is 4.91. The number of benzene rings is 3. The van der Waals surface area contributed by atoms with Crippen LogP contribution in [0.3, 0.4) is 0 Å². The van der Waals surface area contributed by atoms with E-state index in [1.54, 1.807) is 11.8 Å². The molecule has 0 bridgehead atoms. The number of hydrogen-bond donors (Lipinski definition) is 2. The molecule has 186 valence electrons. The van der Waals surface area contributed by atoms with Gasteiger partial charge in [-0.3, -0.25) is 4.90 Å². The summed E-state index contributed by atoms with van der Waals surface area (Å²) in [5, 5.41) is 3.96. The second kappa shape index (κ2) is 13.0. The minimum atomic E-state index is -0.0388. The van der Waals surface area contributed by atoms with Gasteiger partial charge in [0.05, 0.1) is 11.4 Å². The van der Waals surface area contributed by atoms with E-state index in [4.69, 9.17) is 4.98 Å². The Morgan fingerprint density at radius 2 is 1.47 bits per heavy atom. The maximum absolute atomic E-state index is 12.7. The molecule has 1 heterocycles. The Balaban J connectivity index is 1.33. The van der Waals surface area contributed by atoms with E-state index in [0.29, 0.717) is 6.54 Å². The van der Waals surface area contributed by atoms with Crippen molar-refractivity contribution in [3.63, 3.8) is 0 Å². The average Bonchev–Trinajstić information content (AvgIpc) is 3.33. The standard InChI is InChI=1S/C30H34N4OS/c1-23(2)31-30(35)34(26-19-11-5-12-20-26)21-13-6-14-22-36-29-32-27(24-15-7-3-8-16-24)28(33-29)25-17-9-4-10-18-25/h3-5,7-12,15-20,23H,6,13-14,21-22H2,1-2H3,(H,31,35)(H,32,33). The molecule has 0 aliphatic heterocycles. The first-order valence-electron chi connectivity index (χ1n) is 12.6. The van der Waals surface area contributed by atoms with Crippen molar-refractivity contribution in [2.45, 2.75) is 44.3 Å². The third-order valence-electron chi connectivity index (χ3n) is 5.78. The minimum Gasteiger partial charge on any atom is -0.336 e. The number of aromatic nitrogens is 2. The number of imidazole rings is 1. The van der Waals surface area contributed by atoms with Gasteiger partial charge in [0.2, 0.25) is 0 Å². The van der Waals surface area contributed by atoms with E-state index in [1.807, 2.05) is 73.3 Å². The largest absolute Gasteiger partial charge is 0.336 e. The number of amides is 2. The van der Waals surface area contributed by atoms with Gasteiger partial charge in [0.15, 0.2) is 5.16 Å². The fraction of sp³-hybridized carbons (Fsp3) is 0.267. The van der Waals surface area contributed by atoms with Gasteiger partial charge in [0.25, 0.3) is 0 Å². The van der Waals surface area contributed by atoms with E-state index in [1.165, 1.54) is 0 Å². The molecule has 0 fully saturated rings. The average molecular weight is 499 g/mol. The highest BCUT2D eigenvalue weighted by atomic mass is 32.2. The zero-order valence-corrected chi connectivity index (χ0v) is 21.8. The van der Waals surface area contributed by atoms with Crippen molar-refractivity contribution in [1.29, 1.82) is 0 Å². The van der Waals surface area contributed by atoms with Crippen LogP contribution >= 0.6 is 11.8 Å². The number of anilines is 1. The molecule has 0 aliphatic carbocycles. The lowest BCUT2D eigenvalue weighted by Crippen LogP contribution is -2.43. The van der Waals surface area contributed by atoms with Crippen LogP contribution in [0, 0.1) is 0 Å². The lowest BCUT2D eigenvalue weighted by molar-refractivity contribution is 0.244. The van der Waals surface area contributed by atoms with E-state index in [0.717, 1.165) is 58.4 Å². The second-order valence-corrected chi connectivity index (χ2v) is 10.1. The highest BCUT2D eigenvalue weighted by Gasteiger charge is 2.16. The molecule has 0 atom stereocenters. The van der Waals surface area contributed by atoms with Gasteiger partial charge in [-0.2, -0.15) is 0 Å². The molecular formula is C30H34N4OS. The smallest absolute Gasteiger partial charge is 0.322 e. The van der Waals surface area contributed by atoms with Crippen molar-refractivity contribution >= 4 is 23.5 Å². The number of H-pyrrole nitrogens is 1. The summed E-state index contributed by atoms with van der Waals surface area (Å²) in [7, 11) is 0. The summed E-state index contributed by atoms with van der Waals surface area (Å²) in [5.41, 5.74) is 5.22. The van der Waals surface area contributed by atoms with Crippen LogP contribution < -0.4 is 10.2 Å². The van der Waals surface area contributed by atoms with Gasteiger partial charge in [-0.05, 0) is 38.8 Å². The topological polar surface area (TPSA) is 61.0 Å². The van der Waals surface area contributed by atoms with Crippen molar-refractivity contribution in [2.75, 3.05) is 17.2 Å². The zero-order chi connectivity index (χ0) is 25.2. The van der Waals surface area contributed by atoms with Crippen molar-refractivity contribution in [3.05, 3.63) is 91.0 Å². The monoisotopic (exact) mass is 498 g/mol. The number of unbranched alkanes of at least 4 members (excludes halogenated alkanes) is 2. The first-order valence-corrected chi connectivity index (χ1v) is 13.6. The minimum absolute atomic E-state index is 0.0388. The van der Waals surface area contributed by atoms with E-state index in [9.17, 15) is 4.79 Å². The quantitative estimate of drug-likeness (QED) is 0.165. The molecule has 2 amide bonds. The number of nitrogens with zero attached hydrogens (tertiary/aromatic N) is 2. The molecule has 0 aliphatic rings. The van der Waals surface area contributed by atoms with Crippen LogP contribution in [-0.2, 0) is 0 Å². The maximum Gasteiger partial charge on any atom is 0.322 e. The summed E-state index contributed by atoms with van der Waals surface area (Å²) in [4.78, 5) is 23.1. The Morgan fingerprint density at radius 1 is 0.861 bits per heavy atom. The Labute approximate surface area is 218 Å². The number of urea groups is 1. The van der Waals surface area contributed by atoms with Crippen molar-refractivity contribution in [2.24, 2.45) is 0 Å². The fourth-order valence-electron chi connectivity index (χ4n) is 4.04. The number of nitrogens with one attached hydrogen (secondary N) is 2. The molecule has 4 aromatic rings. The third-order valence-corrected chi connectivity index (χ3v) is 6.74. The molecule has 36 heavy (non-hydrogen) atoms. The van der Waals surface area contributed by atoms with Gasteiger partial charge in [-0.1, -0.05) is 97.0 Å². The van der Waals surface area contributed by atoms with Crippen molar-refractivity contribution in [3.8, 4) is 22.5 Å². The van der Waals surface area contributed by atoms with Gasteiger partial charge >= 0.3 is 6.03 Å². The summed E-state index contributed by atoms with van der Waals surface area (Å²) in [6.45, 7) is 4.67. The van der Waals surface area contributed by atoms with Crippen LogP contribution in [0.15, 0.2) is 96.2 Å². The van der Waals surface area contributed by atoms with Crippen LogP contribution in [-0.4, -0.2) is 34.3 Å². The number of carbonyl (C=O) groups excluding carboxylic acids is 1. The maximum atomic E-state index is 12.7. The molecule has 0 unspecified atom stereocenters. The third kappa shape index (κ3) is 7.01. The Morgan fingerprint density at radius 3 is 2.11 bits per heavy atom. The summed E-state index contributed by atoms with van der Waals surface area (Å²) in [5.74, 6) is 0.972. The van der Waals surface area contributed by atoms with Crippen molar-refractivity contribution in [1.82, 2.24) is 15.3 Å². The molecule has 0 saturated heterocycles. The van der Waals surface area contributed by atoms with Gasteiger partial charge in [0, 0.05) is 35.2 Å². The predicted octanol–water partition coefficient (Wildman–Crippen LogP) is 7.63. The van der Waals surface area contributed by atoms with E-state index in [2.05, 4.69) is 46.7 Å². The number of rotatable bonds is 11. The molecule has 5 nitrogen and oxygen atoms in total. The van der Waals surface area contributed by atoms with Crippen molar-refractivity contribution < 1.29 is 4.79 Å². The summed E-state index contributed by atoms with van der Waals surface area (Å²) in [6, 6.07) is 30.6. The van der Waals surface area contributed by atoms with Crippen LogP contribution in [0.1, 0.15) is 33.1 Å². The van der Waals surface area contributed by atoms with E-state index in [-0.39, 0.29) is 12.1 Å². The molecule has 0 spiro atoms. The van der Waals surface area contributed by atoms with Gasteiger partial charge < -0.3 is 10.3 Å². The van der Waals surface area contributed by atoms with Gasteiger partial charge in [0.1, 0.15) is 0 Å². The lowest BCUT2D eigenvalue weighted by atomic mass is 10.1. The van der Waals surface area contributed by atoms with E-state index < -0.39 is 0 Å². The lowest BCUT2D eigenvalue weighted by Gasteiger charge is -2.24. The second-order valence-electron chi connectivity index (χ2n) is 9.00. The van der Waals surface area contributed by atoms with Crippen LogP contribution in [0.2, 0.25) is 0 Å². The number of para-hydroxylation sites is 1. The number of carbonyl (C=O) groups is 1. The van der Waals surface area contributed by atoms with E-state index >= 15 is 0 Å². The Hall–Kier alpha value is -3.51. The first kappa shape index (κ1) is 25.6. The number of aromatic amines is 1. The summed E-state index contributed by atoms with van der Waals surface area (Å²) < 4.78 is 0. The molecule has 3 aromatic carbocycles. The first-order chi connectivity index (χ1) is 17.6. The zero-order valence-electron chi connectivity index (χ0n) is 21.0. The summed E-state index contributed by atoms with van der Waals surface area (Å²) in [6.07, 6.45) is 3.05. The highest BCUT2D eigenvalue weighted by Crippen LogP contribution is 2.32. The number of hydrogen-bond acceptors (Lipinski definition) is 3. The summed E-state index contributed by atoms with van der Waals surface area (Å²) >= 11 is 1.76. The van der Waals surface area contributed by atoms with Crippen LogP contribution in [0.25, 0.3) is 22.5 Å². The Kier molecular flexibility index (Phi) is 9.22. The van der Waals surface area contributed by atoms with Gasteiger partial charge in [-0.25, -0.2) is 9.78 Å². The molecule has 1 aromatic heterocycles. The Bertz CT molecular complexity index is 1150. The molecule has 4 rings (SSSR count). The van der Waals surface area contributed by atoms with Crippen LogP contribution in [0.4, 0.5) is 10.5 Å². The SMILES string of the molecule is CC(C)NC(=O)N(CCCCCSc1nc(-c2ccccc2)c(-c2ccccc2)[nH]1)c1ccccc1. The highest BCUT2D eigenvalue weighted by molar-refractivity contribution is 7.99. The predicted molar refractivity (Wildman–Crippen MR) is 151 cm³/mol. The molecule has 2 N–H and O–H groups in total.